The fourth-order valence-electron chi connectivity index (χ4n) is 5.90. The third-order valence-electron chi connectivity index (χ3n) is 8.58. The SMILES string of the molecule is Cc1ccc(S(=O)(=O)N(CC(=O)N(Cc2ccccc2C)[C@@H](Cc2ccccc2)C(=O)NC2CCCC2)c2ccccc2F)cc1. The van der Waals surface area contributed by atoms with Gasteiger partial charge in [-0.1, -0.05) is 97.3 Å². The Balaban J connectivity index is 1.58. The molecule has 0 unspecified atom stereocenters. The number of para-hydroxylation sites is 1. The number of anilines is 1. The number of halogens is 1. The molecule has 46 heavy (non-hydrogen) atoms. The Morgan fingerprint density at radius 3 is 2.15 bits per heavy atom. The molecule has 1 saturated carbocycles. The monoisotopic (exact) mass is 641 g/mol. The van der Waals surface area contributed by atoms with Gasteiger partial charge < -0.3 is 10.2 Å². The molecule has 2 amide bonds. The van der Waals surface area contributed by atoms with E-state index in [1.807, 2.05) is 68.4 Å². The summed E-state index contributed by atoms with van der Waals surface area (Å²) in [5.74, 6) is -1.70. The first-order chi connectivity index (χ1) is 22.1. The van der Waals surface area contributed by atoms with Crippen LogP contribution in [0.1, 0.15) is 47.9 Å². The third kappa shape index (κ3) is 7.83. The van der Waals surface area contributed by atoms with Crippen LogP contribution in [0.15, 0.2) is 108 Å². The standard InChI is InChI=1S/C37H40FN3O4S/c1-27-20-22-32(23-21-27)46(44,45)41(34-19-11-10-18-33(34)38)26-36(42)40(25-30-15-7-6-12-28(30)2)35(24-29-13-4-3-5-14-29)37(43)39-31-16-8-9-17-31/h3-7,10-15,18-23,31,35H,8-9,16-17,24-26H2,1-2H3,(H,39,43)/t35-/m0/s1. The van der Waals surface area contributed by atoms with E-state index < -0.39 is 34.3 Å². The Labute approximate surface area is 271 Å². The van der Waals surface area contributed by atoms with Gasteiger partial charge in [-0.15, -0.1) is 0 Å². The normalized spacial score (nSPS) is 14.1. The number of amides is 2. The summed E-state index contributed by atoms with van der Waals surface area (Å²) in [7, 11) is -4.38. The van der Waals surface area contributed by atoms with Crippen molar-refractivity contribution in [3.05, 3.63) is 131 Å². The van der Waals surface area contributed by atoms with E-state index >= 15 is 4.39 Å². The molecule has 7 nitrogen and oxygen atoms in total. The van der Waals surface area contributed by atoms with Gasteiger partial charge in [0.1, 0.15) is 18.4 Å². The smallest absolute Gasteiger partial charge is 0.264 e. The van der Waals surface area contributed by atoms with E-state index in [4.69, 9.17) is 0 Å². The van der Waals surface area contributed by atoms with Crippen molar-refractivity contribution in [2.75, 3.05) is 10.8 Å². The third-order valence-corrected chi connectivity index (χ3v) is 10.4. The summed E-state index contributed by atoms with van der Waals surface area (Å²) in [4.78, 5) is 30.1. The van der Waals surface area contributed by atoms with Crippen molar-refractivity contribution in [2.24, 2.45) is 0 Å². The molecule has 1 atom stereocenters. The fraction of sp³-hybridized carbons (Fsp3) is 0.297. The molecule has 0 spiro atoms. The van der Waals surface area contributed by atoms with Crippen molar-refractivity contribution < 1.29 is 22.4 Å². The Bertz CT molecular complexity index is 1760. The number of aryl methyl sites for hydroxylation is 2. The van der Waals surface area contributed by atoms with Crippen LogP contribution in [0, 0.1) is 19.7 Å². The van der Waals surface area contributed by atoms with Crippen LogP contribution in [0.2, 0.25) is 0 Å². The molecule has 1 N–H and O–H groups in total. The number of hydrogen-bond donors (Lipinski definition) is 1. The first-order valence-corrected chi connectivity index (χ1v) is 17.1. The molecule has 4 aromatic rings. The van der Waals surface area contributed by atoms with E-state index in [0.717, 1.165) is 58.3 Å². The highest BCUT2D eigenvalue weighted by Gasteiger charge is 2.36. The molecule has 0 bridgehead atoms. The van der Waals surface area contributed by atoms with Crippen LogP contribution in [-0.2, 0) is 32.6 Å². The topological polar surface area (TPSA) is 86.8 Å². The molecule has 0 radical (unpaired) electrons. The van der Waals surface area contributed by atoms with Gasteiger partial charge >= 0.3 is 0 Å². The van der Waals surface area contributed by atoms with E-state index in [1.165, 1.54) is 35.2 Å². The van der Waals surface area contributed by atoms with Gasteiger partial charge in [0.25, 0.3) is 10.0 Å². The quantitative estimate of drug-likeness (QED) is 0.196. The zero-order chi connectivity index (χ0) is 32.7. The van der Waals surface area contributed by atoms with Crippen molar-refractivity contribution in [3.8, 4) is 0 Å². The maximum Gasteiger partial charge on any atom is 0.264 e. The number of nitrogens with zero attached hydrogens (tertiary/aromatic N) is 2. The van der Waals surface area contributed by atoms with Gasteiger partial charge in [0.2, 0.25) is 11.8 Å². The lowest BCUT2D eigenvalue weighted by molar-refractivity contribution is -0.140. The molecule has 5 rings (SSSR count). The number of carbonyl (C=O) groups is 2. The summed E-state index contributed by atoms with van der Waals surface area (Å²) >= 11 is 0. The van der Waals surface area contributed by atoms with E-state index in [9.17, 15) is 18.0 Å². The average molecular weight is 642 g/mol. The zero-order valence-electron chi connectivity index (χ0n) is 26.2. The van der Waals surface area contributed by atoms with Crippen molar-refractivity contribution in [1.82, 2.24) is 10.2 Å². The van der Waals surface area contributed by atoms with Gasteiger partial charge in [0.15, 0.2) is 0 Å². The van der Waals surface area contributed by atoms with Crippen molar-refractivity contribution >= 4 is 27.5 Å². The van der Waals surface area contributed by atoms with Crippen LogP contribution in [0.4, 0.5) is 10.1 Å². The van der Waals surface area contributed by atoms with Crippen molar-refractivity contribution in [2.45, 2.75) is 69.5 Å². The molecule has 9 heteroatoms. The molecule has 1 aliphatic carbocycles. The summed E-state index contributed by atoms with van der Waals surface area (Å²) in [5, 5.41) is 3.17. The number of hydrogen-bond acceptors (Lipinski definition) is 4. The summed E-state index contributed by atoms with van der Waals surface area (Å²) in [6, 6.07) is 27.8. The first-order valence-electron chi connectivity index (χ1n) is 15.7. The lowest BCUT2D eigenvalue weighted by Crippen LogP contribution is -2.54. The largest absolute Gasteiger partial charge is 0.352 e. The summed E-state index contributed by atoms with van der Waals surface area (Å²) < 4.78 is 44.3. The second-order valence-electron chi connectivity index (χ2n) is 11.9. The summed E-state index contributed by atoms with van der Waals surface area (Å²) in [6.07, 6.45) is 4.00. The van der Waals surface area contributed by atoms with Crippen molar-refractivity contribution in [1.29, 1.82) is 0 Å². The molecule has 240 valence electrons. The Morgan fingerprint density at radius 1 is 0.848 bits per heavy atom. The summed E-state index contributed by atoms with van der Waals surface area (Å²) in [5.41, 5.74) is 3.21. The molecule has 0 heterocycles. The first kappa shape index (κ1) is 32.9. The van der Waals surface area contributed by atoms with Crippen LogP contribution in [-0.4, -0.2) is 43.8 Å². The van der Waals surface area contributed by atoms with Crippen LogP contribution < -0.4 is 9.62 Å². The van der Waals surface area contributed by atoms with Crippen LogP contribution in [0.3, 0.4) is 0 Å². The lowest BCUT2D eigenvalue weighted by Gasteiger charge is -2.34. The number of benzene rings is 4. The minimum Gasteiger partial charge on any atom is -0.352 e. The predicted molar refractivity (Wildman–Crippen MR) is 178 cm³/mol. The maximum atomic E-state index is 15.3. The predicted octanol–water partition coefficient (Wildman–Crippen LogP) is 6.34. The van der Waals surface area contributed by atoms with E-state index in [0.29, 0.717) is 0 Å². The number of nitrogens with one attached hydrogen (secondary N) is 1. The molecule has 0 aliphatic heterocycles. The molecule has 1 aliphatic rings. The highest BCUT2D eigenvalue weighted by atomic mass is 32.2. The number of carbonyl (C=O) groups excluding carboxylic acids is 2. The second-order valence-corrected chi connectivity index (χ2v) is 13.8. The van der Waals surface area contributed by atoms with Crippen LogP contribution in [0.25, 0.3) is 0 Å². The fourth-order valence-corrected chi connectivity index (χ4v) is 7.32. The minimum atomic E-state index is -4.38. The summed E-state index contributed by atoms with van der Waals surface area (Å²) in [6.45, 7) is 3.12. The highest BCUT2D eigenvalue weighted by molar-refractivity contribution is 7.92. The van der Waals surface area contributed by atoms with Gasteiger partial charge in [-0.3, -0.25) is 13.9 Å². The van der Waals surface area contributed by atoms with E-state index in [-0.39, 0.29) is 35.5 Å². The highest BCUT2D eigenvalue weighted by Crippen LogP contribution is 2.28. The van der Waals surface area contributed by atoms with E-state index in [1.54, 1.807) is 12.1 Å². The van der Waals surface area contributed by atoms with Crippen molar-refractivity contribution in [3.63, 3.8) is 0 Å². The molecule has 4 aromatic carbocycles. The number of rotatable bonds is 12. The Morgan fingerprint density at radius 2 is 1.48 bits per heavy atom. The van der Waals surface area contributed by atoms with Crippen LogP contribution in [0.5, 0.6) is 0 Å². The van der Waals surface area contributed by atoms with Gasteiger partial charge in [-0.2, -0.15) is 0 Å². The average Bonchev–Trinajstić information content (AvgIpc) is 3.56. The minimum absolute atomic E-state index is 0.0121. The second kappa shape index (κ2) is 14.7. The van der Waals surface area contributed by atoms with Gasteiger partial charge in [-0.05, 0) is 67.6 Å². The molecule has 0 aromatic heterocycles. The zero-order valence-corrected chi connectivity index (χ0v) is 27.0. The lowest BCUT2D eigenvalue weighted by atomic mass is 10.0. The van der Waals surface area contributed by atoms with Gasteiger partial charge in [0, 0.05) is 19.0 Å². The van der Waals surface area contributed by atoms with E-state index in [2.05, 4.69) is 5.32 Å². The Hall–Kier alpha value is -4.50. The number of sulfonamides is 1. The maximum absolute atomic E-state index is 15.3. The van der Waals surface area contributed by atoms with Crippen LogP contribution >= 0.6 is 0 Å². The molecule has 0 saturated heterocycles. The molecule has 1 fully saturated rings. The van der Waals surface area contributed by atoms with Gasteiger partial charge in [-0.25, -0.2) is 12.8 Å². The Kier molecular flexibility index (Phi) is 10.5. The molecular weight excluding hydrogens is 601 g/mol. The molecular formula is C37H40FN3O4S. The van der Waals surface area contributed by atoms with Gasteiger partial charge in [0.05, 0.1) is 10.6 Å².